The number of fused-ring (bicyclic) bond motifs is 2. The third-order valence-electron chi connectivity index (χ3n) is 4.35. The lowest BCUT2D eigenvalue weighted by atomic mass is 9.65. The van der Waals surface area contributed by atoms with Gasteiger partial charge in [0.25, 0.3) is 0 Å². The highest BCUT2D eigenvalue weighted by Gasteiger charge is 2.53. The molecule has 1 N–H and O–H groups in total. The molecule has 0 saturated carbocycles. The summed E-state index contributed by atoms with van der Waals surface area (Å²) >= 11 is 0. The maximum atomic E-state index is 10.6. The van der Waals surface area contributed by atoms with E-state index in [1.165, 1.54) is 6.42 Å². The molecule has 2 rings (SSSR count). The van der Waals surface area contributed by atoms with Crippen LogP contribution in [-0.4, -0.2) is 22.9 Å². The summed E-state index contributed by atoms with van der Waals surface area (Å²) in [6, 6.07) is 0. The Balaban J connectivity index is 2.16. The number of rotatable bonds is 1. The zero-order valence-corrected chi connectivity index (χ0v) is 9.71. The zero-order chi connectivity index (χ0) is 10.6. The highest BCUT2D eigenvalue weighted by molar-refractivity contribution is 5.02. The van der Waals surface area contributed by atoms with Gasteiger partial charge in [-0.2, -0.15) is 0 Å². The fourth-order valence-electron chi connectivity index (χ4n) is 2.79. The Morgan fingerprint density at radius 2 is 1.79 bits per heavy atom. The largest absolute Gasteiger partial charge is 0.389 e. The van der Waals surface area contributed by atoms with Crippen LogP contribution in [0.15, 0.2) is 0 Å². The first-order valence-electron chi connectivity index (χ1n) is 5.70. The second-order valence-corrected chi connectivity index (χ2v) is 6.11. The van der Waals surface area contributed by atoms with Gasteiger partial charge >= 0.3 is 0 Å². The lowest BCUT2D eigenvalue weighted by Crippen LogP contribution is -2.50. The zero-order valence-electron chi connectivity index (χ0n) is 9.71. The molecule has 14 heavy (non-hydrogen) atoms. The van der Waals surface area contributed by atoms with E-state index < -0.39 is 5.60 Å². The second-order valence-electron chi connectivity index (χ2n) is 6.11. The molecule has 0 radical (unpaired) electrons. The average molecular weight is 198 g/mol. The molecule has 4 unspecified atom stereocenters. The van der Waals surface area contributed by atoms with Crippen LogP contribution in [0.4, 0.5) is 0 Å². The van der Waals surface area contributed by atoms with Crippen LogP contribution in [0.2, 0.25) is 0 Å². The molecular formula is C12H22O2. The van der Waals surface area contributed by atoms with Crippen LogP contribution >= 0.6 is 0 Å². The molecule has 0 amide bonds. The first-order valence-corrected chi connectivity index (χ1v) is 5.70. The summed E-state index contributed by atoms with van der Waals surface area (Å²) in [5, 5.41) is 10.6. The van der Waals surface area contributed by atoms with E-state index in [0.717, 1.165) is 12.8 Å². The van der Waals surface area contributed by atoms with Crippen molar-refractivity contribution < 1.29 is 9.84 Å². The third kappa shape index (κ3) is 1.40. The molecule has 82 valence electrons. The van der Waals surface area contributed by atoms with Gasteiger partial charge in [-0.05, 0) is 31.6 Å². The molecule has 0 spiro atoms. The van der Waals surface area contributed by atoms with Crippen molar-refractivity contribution in [3.63, 3.8) is 0 Å². The van der Waals surface area contributed by atoms with E-state index in [-0.39, 0.29) is 5.41 Å². The summed E-state index contributed by atoms with van der Waals surface area (Å²) < 4.78 is 5.81. The molecule has 2 fully saturated rings. The molecule has 2 saturated heterocycles. The fourth-order valence-corrected chi connectivity index (χ4v) is 2.79. The molecule has 4 atom stereocenters. The summed E-state index contributed by atoms with van der Waals surface area (Å²) in [4.78, 5) is 0. The Bertz CT molecular complexity index is 227. The van der Waals surface area contributed by atoms with Gasteiger partial charge in [-0.15, -0.1) is 0 Å². The van der Waals surface area contributed by atoms with E-state index in [9.17, 15) is 5.11 Å². The van der Waals surface area contributed by atoms with Crippen LogP contribution in [-0.2, 0) is 4.74 Å². The Hall–Kier alpha value is -0.0800. The topological polar surface area (TPSA) is 29.5 Å². The molecule has 2 bridgehead atoms. The van der Waals surface area contributed by atoms with Crippen LogP contribution in [0.1, 0.15) is 47.0 Å². The standard InChI is InChI=1S/C12H22O2/c1-11(2,3)12(4,13)9-7-8-5-6-10(9)14-8/h8-10,13H,5-7H2,1-4H3. The van der Waals surface area contributed by atoms with Crippen LogP contribution in [0.3, 0.4) is 0 Å². The van der Waals surface area contributed by atoms with Gasteiger partial charge in [0.15, 0.2) is 0 Å². The molecule has 2 heteroatoms. The SMILES string of the molecule is CC(C)(C)C(C)(O)C1CC2CCC1O2. The summed E-state index contributed by atoms with van der Waals surface area (Å²) in [5.74, 6) is 0.334. The maximum absolute atomic E-state index is 10.6. The van der Waals surface area contributed by atoms with Crippen molar-refractivity contribution in [2.24, 2.45) is 11.3 Å². The van der Waals surface area contributed by atoms with E-state index in [4.69, 9.17) is 4.74 Å². The van der Waals surface area contributed by atoms with Gasteiger partial charge in [0, 0.05) is 5.92 Å². The van der Waals surface area contributed by atoms with E-state index in [0.29, 0.717) is 18.1 Å². The molecule has 2 nitrogen and oxygen atoms in total. The fraction of sp³-hybridized carbons (Fsp3) is 1.00. The summed E-state index contributed by atoms with van der Waals surface area (Å²) in [5.41, 5.74) is -0.668. The Morgan fingerprint density at radius 3 is 2.14 bits per heavy atom. The van der Waals surface area contributed by atoms with Crippen molar-refractivity contribution in [2.75, 3.05) is 0 Å². The van der Waals surface area contributed by atoms with Gasteiger partial charge in [-0.1, -0.05) is 20.8 Å². The Kier molecular flexibility index (Phi) is 2.20. The van der Waals surface area contributed by atoms with E-state index in [1.54, 1.807) is 0 Å². The summed E-state index contributed by atoms with van der Waals surface area (Å²) in [7, 11) is 0. The van der Waals surface area contributed by atoms with Crippen LogP contribution < -0.4 is 0 Å². The summed E-state index contributed by atoms with van der Waals surface area (Å²) in [6.45, 7) is 8.30. The molecule has 0 aromatic heterocycles. The normalized spacial score (nSPS) is 41.4. The molecule has 0 aromatic rings. The molecular weight excluding hydrogens is 176 g/mol. The van der Waals surface area contributed by atoms with Crippen molar-refractivity contribution in [1.29, 1.82) is 0 Å². The molecule has 2 aliphatic heterocycles. The number of aliphatic hydroxyl groups is 1. The first kappa shape index (κ1) is 10.4. The highest BCUT2D eigenvalue weighted by atomic mass is 16.5. The summed E-state index contributed by atoms with van der Waals surface area (Å²) in [6.07, 6.45) is 4.13. The maximum Gasteiger partial charge on any atom is 0.0721 e. The van der Waals surface area contributed by atoms with Crippen molar-refractivity contribution in [3.05, 3.63) is 0 Å². The van der Waals surface area contributed by atoms with Gasteiger partial charge in [-0.3, -0.25) is 0 Å². The first-order chi connectivity index (χ1) is 6.32. The second kappa shape index (κ2) is 2.96. The van der Waals surface area contributed by atoms with E-state index >= 15 is 0 Å². The monoisotopic (exact) mass is 198 g/mol. The van der Waals surface area contributed by atoms with Crippen molar-refractivity contribution in [3.8, 4) is 0 Å². The van der Waals surface area contributed by atoms with Gasteiger partial charge in [0.2, 0.25) is 0 Å². The third-order valence-corrected chi connectivity index (χ3v) is 4.35. The molecule has 2 heterocycles. The highest BCUT2D eigenvalue weighted by Crippen LogP contribution is 2.49. The minimum absolute atomic E-state index is 0.0640. The minimum Gasteiger partial charge on any atom is -0.389 e. The quantitative estimate of drug-likeness (QED) is 0.701. The number of hydrogen-bond donors (Lipinski definition) is 1. The predicted octanol–water partition coefficient (Wildman–Crippen LogP) is 2.35. The lowest BCUT2D eigenvalue weighted by molar-refractivity contribution is -0.106. The van der Waals surface area contributed by atoms with Crippen molar-refractivity contribution in [1.82, 2.24) is 0 Å². The van der Waals surface area contributed by atoms with Crippen LogP contribution in [0.5, 0.6) is 0 Å². The lowest BCUT2D eigenvalue weighted by Gasteiger charge is -2.44. The van der Waals surface area contributed by atoms with Crippen LogP contribution in [0, 0.1) is 11.3 Å². The number of hydrogen-bond acceptors (Lipinski definition) is 2. The number of ether oxygens (including phenoxy) is 1. The Labute approximate surface area is 86.6 Å². The van der Waals surface area contributed by atoms with Gasteiger partial charge in [0.1, 0.15) is 0 Å². The van der Waals surface area contributed by atoms with Crippen LogP contribution in [0.25, 0.3) is 0 Å². The predicted molar refractivity (Wildman–Crippen MR) is 56.1 cm³/mol. The van der Waals surface area contributed by atoms with Crippen molar-refractivity contribution in [2.45, 2.75) is 64.8 Å². The minimum atomic E-state index is -0.604. The van der Waals surface area contributed by atoms with Gasteiger partial charge < -0.3 is 9.84 Å². The smallest absolute Gasteiger partial charge is 0.0721 e. The Morgan fingerprint density at radius 1 is 1.14 bits per heavy atom. The van der Waals surface area contributed by atoms with E-state index in [1.807, 2.05) is 6.92 Å². The molecule has 2 aliphatic rings. The molecule has 0 aliphatic carbocycles. The average Bonchev–Trinajstić information content (AvgIpc) is 2.61. The molecule has 0 aromatic carbocycles. The van der Waals surface area contributed by atoms with Crippen molar-refractivity contribution >= 4 is 0 Å². The van der Waals surface area contributed by atoms with Gasteiger partial charge in [0.05, 0.1) is 17.8 Å². The van der Waals surface area contributed by atoms with Gasteiger partial charge in [-0.25, -0.2) is 0 Å². The van der Waals surface area contributed by atoms with E-state index in [2.05, 4.69) is 20.8 Å².